The molecule has 3 rings (SSSR count). The Bertz CT molecular complexity index is 727. The quantitative estimate of drug-likeness (QED) is 0.751. The van der Waals surface area contributed by atoms with Gasteiger partial charge < -0.3 is 5.73 Å². The molecule has 0 bridgehead atoms. The SMILES string of the molecule is Cc1cc(CN)ccc1-c1cncc2ccccc12. The van der Waals surface area contributed by atoms with Gasteiger partial charge in [0, 0.05) is 29.9 Å². The first-order valence-electron chi connectivity index (χ1n) is 6.42. The normalized spacial score (nSPS) is 10.8. The van der Waals surface area contributed by atoms with Crippen LogP contribution in [-0.2, 0) is 6.54 Å². The zero-order valence-electron chi connectivity index (χ0n) is 10.9. The molecule has 3 aromatic rings. The second kappa shape index (κ2) is 4.82. The molecule has 0 amide bonds. The molecule has 2 heteroatoms. The van der Waals surface area contributed by atoms with E-state index in [0.717, 1.165) is 5.56 Å². The Morgan fingerprint density at radius 3 is 2.63 bits per heavy atom. The number of aryl methyl sites for hydroxylation is 1. The fraction of sp³-hybridized carbons (Fsp3) is 0.118. The summed E-state index contributed by atoms with van der Waals surface area (Å²) in [5, 5.41) is 2.41. The van der Waals surface area contributed by atoms with Gasteiger partial charge in [0.15, 0.2) is 0 Å². The Kier molecular flexibility index (Phi) is 3.02. The Morgan fingerprint density at radius 2 is 1.84 bits per heavy atom. The third-order valence-corrected chi connectivity index (χ3v) is 3.48. The van der Waals surface area contributed by atoms with Gasteiger partial charge in [0.25, 0.3) is 0 Å². The predicted molar refractivity (Wildman–Crippen MR) is 79.8 cm³/mol. The van der Waals surface area contributed by atoms with Gasteiger partial charge in [-0.1, -0.05) is 42.5 Å². The van der Waals surface area contributed by atoms with Gasteiger partial charge in [-0.2, -0.15) is 0 Å². The molecule has 2 nitrogen and oxygen atoms in total. The summed E-state index contributed by atoms with van der Waals surface area (Å²) in [5.41, 5.74) is 10.5. The number of nitrogens with zero attached hydrogens (tertiary/aromatic N) is 1. The molecule has 2 aromatic carbocycles. The molecule has 0 aliphatic rings. The summed E-state index contributed by atoms with van der Waals surface area (Å²) >= 11 is 0. The number of fused-ring (bicyclic) bond motifs is 1. The van der Waals surface area contributed by atoms with Crippen molar-refractivity contribution in [2.24, 2.45) is 5.73 Å². The maximum Gasteiger partial charge on any atom is 0.0352 e. The average molecular weight is 248 g/mol. The van der Waals surface area contributed by atoms with Crippen molar-refractivity contribution in [2.75, 3.05) is 0 Å². The van der Waals surface area contributed by atoms with Crippen molar-refractivity contribution in [2.45, 2.75) is 13.5 Å². The number of aromatic nitrogens is 1. The number of nitrogens with two attached hydrogens (primary N) is 1. The fourth-order valence-corrected chi connectivity index (χ4v) is 2.49. The summed E-state index contributed by atoms with van der Waals surface area (Å²) in [6, 6.07) is 14.7. The van der Waals surface area contributed by atoms with Gasteiger partial charge in [0.2, 0.25) is 0 Å². The Balaban J connectivity index is 2.24. The van der Waals surface area contributed by atoms with E-state index in [4.69, 9.17) is 5.73 Å². The van der Waals surface area contributed by atoms with Crippen LogP contribution in [0.3, 0.4) is 0 Å². The molecule has 2 N–H and O–H groups in total. The molecule has 1 aromatic heterocycles. The van der Waals surface area contributed by atoms with E-state index in [1.54, 1.807) is 0 Å². The molecule has 0 saturated heterocycles. The Morgan fingerprint density at radius 1 is 1.00 bits per heavy atom. The Labute approximate surface area is 112 Å². The summed E-state index contributed by atoms with van der Waals surface area (Å²) in [7, 11) is 0. The summed E-state index contributed by atoms with van der Waals surface area (Å²) < 4.78 is 0. The van der Waals surface area contributed by atoms with Gasteiger partial charge >= 0.3 is 0 Å². The Hall–Kier alpha value is -2.19. The largest absolute Gasteiger partial charge is 0.326 e. The highest BCUT2D eigenvalue weighted by Crippen LogP contribution is 2.30. The van der Waals surface area contributed by atoms with E-state index >= 15 is 0 Å². The lowest BCUT2D eigenvalue weighted by atomic mass is 9.96. The number of pyridine rings is 1. The van der Waals surface area contributed by atoms with E-state index in [9.17, 15) is 0 Å². The number of rotatable bonds is 2. The summed E-state index contributed by atoms with van der Waals surface area (Å²) in [6.07, 6.45) is 3.84. The molecular formula is C17H16N2. The monoisotopic (exact) mass is 248 g/mol. The second-order valence-corrected chi connectivity index (χ2v) is 4.76. The van der Waals surface area contributed by atoms with Crippen molar-refractivity contribution < 1.29 is 0 Å². The molecule has 0 radical (unpaired) electrons. The molecule has 0 saturated carbocycles. The van der Waals surface area contributed by atoms with Crippen molar-refractivity contribution in [3.63, 3.8) is 0 Å². The molecule has 1 heterocycles. The highest BCUT2D eigenvalue weighted by atomic mass is 14.6. The molecule has 94 valence electrons. The van der Waals surface area contributed by atoms with E-state index in [1.165, 1.54) is 27.5 Å². The molecule has 0 spiro atoms. The van der Waals surface area contributed by atoms with E-state index < -0.39 is 0 Å². The van der Waals surface area contributed by atoms with Crippen LogP contribution in [-0.4, -0.2) is 4.98 Å². The van der Waals surface area contributed by atoms with Crippen LogP contribution in [0.15, 0.2) is 54.9 Å². The lowest BCUT2D eigenvalue weighted by Gasteiger charge is -2.10. The van der Waals surface area contributed by atoms with Crippen LogP contribution in [0.4, 0.5) is 0 Å². The minimum absolute atomic E-state index is 0.578. The van der Waals surface area contributed by atoms with Crippen LogP contribution in [0.5, 0.6) is 0 Å². The summed E-state index contributed by atoms with van der Waals surface area (Å²) in [6.45, 7) is 2.70. The van der Waals surface area contributed by atoms with E-state index in [1.807, 2.05) is 18.5 Å². The lowest BCUT2D eigenvalue weighted by molar-refractivity contribution is 1.07. The van der Waals surface area contributed by atoms with Gasteiger partial charge in [-0.25, -0.2) is 0 Å². The number of hydrogen-bond donors (Lipinski definition) is 1. The van der Waals surface area contributed by atoms with Crippen LogP contribution >= 0.6 is 0 Å². The van der Waals surface area contributed by atoms with Crippen LogP contribution in [0.2, 0.25) is 0 Å². The maximum atomic E-state index is 5.69. The van der Waals surface area contributed by atoms with Gasteiger partial charge in [0.05, 0.1) is 0 Å². The third kappa shape index (κ3) is 2.11. The van der Waals surface area contributed by atoms with Crippen LogP contribution in [0.1, 0.15) is 11.1 Å². The molecule has 0 aliphatic heterocycles. The van der Waals surface area contributed by atoms with Crippen molar-refractivity contribution in [1.29, 1.82) is 0 Å². The van der Waals surface area contributed by atoms with E-state index in [-0.39, 0.29) is 0 Å². The van der Waals surface area contributed by atoms with E-state index in [2.05, 4.69) is 48.3 Å². The molecule has 19 heavy (non-hydrogen) atoms. The van der Waals surface area contributed by atoms with Gasteiger partial charge in [-0.3, -0.25) is 4.98 Å². The van der Waals surface area contributed by atoms with Gasteiger partial charge in [0.1, 0.15) is 0 Å². The molecular weight excluding hydrogens is 232 g/mol. The van der Waals surface area contributed by atoms with Gasteiger partial charge in [-0.15, -0.1) is 0 Å². The molecule has 0 unspecified atom stereocenters. The van der Waals surface area contributed by atoms with E-state index in [0.29, 0.717) is 6.54 Å². The minimum atomic E-state index is 0.578. The zero-order chi connectivity index (χ0) is 13.2. The van der Waals surface area contributed by atoms with Crippen LogP contribution < -0.4 is 5.73 Å². The van der Waals surface area contributed by atoms with Gasteiger partial charge in [-0.05, 0) is 29.0 Å². The first-order valence-corrected chi connectivity index (χ1v) is 6.42. The maximum absolute atomic E-state index is 5.69. The van der Waals surface area contributed by atoms with Crippen LogP contribution in [0.25, 0.3) is 21.9 Å². The average Bonchev–Trinajstić information content (AvgIpc) is 2.46. The second-order valence-electron chi connectivity index (χ2n) is 4.76. The fourth-order valence-electron chi connectivity index (χ4n) is 2.49. The lowest BCUT2D eigenvalue weighted by Crippen LogP contribution is -1.97. The van der Waals surface area contributed by atoms with Crippen molar-refractivity contribution >= 4 is 10.8 Å². The van der Waals surface area contributed by atoms with Crippen LogP contribution in [0, 0.1) is 6.92 Å². The highest BCUT2D eigenvalue weighted by molar-refractivity contribution is 5.96. The standard InChI is InChI=1S/C17H16N2/c1-12-8-13(9-18)6-7-15(12)17-11-19-10-14-4-2-3-5-16(14)17/h2-8,10-11H,9,18H2,1H3. The highest BCUT2D eigenvalue weighted by Gasteiger charge is 2.07. The molecule has 0 fully saturated rings. The third-order valence-electron chi connectivity index (χ3n) is 3.48. The van der Waals surface area contributed by atoms with Crippen molar-refractivity contribution in [3.05, 3.63) is 66.0 Å². The zero-order valence-corrected chi connectivity index (χ0v) is 10.9. The van der Waals surface area contributed by atoms with Crippen molar-refractivity contribution in [3.8, 4) is 11.1 Å². The smallest absolute Gasteiger partial charge is 0.0352 e. The first-order chi connectivity index (χ1) is 9.29. The predicted octanol–water partition coefficient (Wildman–Crippen LogP) is 3.67. The summed E-state index contributed by atoms with van der Waals surface area (Å²) in [5.74, 6) is 0. The number of hydrogen-bond acceptors (Lipinski definition) is 2. The van der Waals surface area contributed by atoms with Crippen molar-refractivity contribution in [1.82, 2.24) is 4.98 Å². The molecule has 0 aliphatic carbocycles. The molecule has 0 atom stereocenters. The first kappa shape index (κ1) is 11.9. The number of benzene rings is 2. The topological polar surface area (TPSA) is 38.9 Å². The summed E-state index contributed by atoms with van der Waals surface area (Å²) in [4.78, 5) is 4.35. The minimum Gasteiger partial charge on any atom is -0.326 e.